The lowest BCUT2D eigenvalue weighted by atomic mass is 9.68. The Labute approximate surface area is 181 Å². The number of sulfonamides is 1. The second-order valence-corrected chi connectivity index (χ2v) is 10.4. The van der Waals surface area contributed by atoms with E-state index in [1.54, 1.807) is 6.07 Å². The number of guanidine groups is 1. The summed E-state index contributed by atoms with van der Waals surface area (Å²) in [4.78, 5) is 6.92. The summed E-state index contributed by atoms with van der Waals surface area (Å²) < 4.78 is 27.6. The highest BCUT2D eigenvalue weighted by molar-refractivity contribution is 14.0. The second kappa shape index (κ2) is 9.40. The summed E-state index contributed by atoms with van der Waals surface area (Å²) in [6.07, 6.45) is 5.23. The number of hydrogen-bond donors (Lipinski definition) is 2. The van der Waals surface area contributed by atoms with Gasteiger partial charge in [0.25, 0.3) is 0 Å². The van der Waals surface area contributed by atoms with Crippen LogP contribution in [0.15, 0.2) is 21.3 Å². The molecular weight excluding hydrogens is 507 g/mol. The zero-order valence-electron chi connectivity index (χ0n) is 14.8. The van der Waals surface area contributed by atoms with E-state index >= 15 is 0 Å². The van der Waals surface area contributed by atoms with Gasteiger partial charge in [-0.3, -0.25) is 4.99 Å². The minimum Gasteiger partial charge on any atom is -0.357 e. The third kappa shape index (κ3) is 5.24. The van der Waals surface area contributed by atoms with Crippen LogP contribution in [-0.2, 0) is 10.0 Å². The first-order chi connectivity index (χ1) is 11.9. The minimum absolute atomic E-state index is 0. The fourth-order valence-corrected chi connectivity index (χ4v) is 6.03. The van der Waals surface area contributed by atoms with Gasteiger partial charge >= 0.3 is 0 Å². The molecule has 1 aliphatic heterocycles. The zero-order valence-corrected chi connectivity index (χ0v) is 19.6. The fourth-order valence-electron chi connectivity index (χ4n) is 3.48. The summed E-state index contributed by atoms with van der Waals surface area (Å²) >= 11 is 6.86. The molecule has 10 heteroatoms. The molecule has 1 aromatic rings. The Bertz CT molecular complexity index is 734. The average Bonchev–Trinajstić information content (AvgIpc) is 3.17. The minimum atomic E-state index is -3.50. The topological polar surface area (TPSA) is 73.8 Å². The van der Waals surface area contributed by atoms with Crippen molar-refractivity contribution in [3.8, 4) is 0 Å². The van der Waals surface area contributed by atoms with Crippen LogP contribution in [0, 0.1) is 5.41 Å². The predicted molar refractivity (Wildman–Crippen MR) is 118 cm³/mol. The van der Waals surface area contributed by atoms with Crippen molar-refractivity contribution in [2.75, 3.05) is 32.7 Å². The van der Waals surface area contributed by atoms with E-state index in [1.165, 1.54) is 31.7 Å². The number of thiophene rings is 1. The van der Waals surface area contributed by atoms with Crippen LogP contribution in [0.5, 0.6) is 0 Å². The fraction of sp³-hybridized carbons (Fsp3) is 0.688. The van der Waals surface area contributed by atoms with Gasteiger partial charge in [-0.1, -0.05) is 18.0 Å². The Hall–Kier alpha value is -0.100. The Morgan fingerprint density at radius 3 is 2.69 bits per heavy atom. The average molecular weight is 533 g/mol. The van der Waals surface area contributed by atoms with E-state index in [4.69, 9.17) is 11.6 Å². The van der Waals surface area contributed by atoms with Crippen LogP contribution in [0.3, 0.4) is 0 Å². The van der Waals surface area contributed by atoms with Gasteiger partial charge in [0, 0.05) is 26.2 Å². The molecule has 1 saturated heterocycles. The summed E-state index contributed by atoms with van der Waals surface area (Å²) in [5.41, 5.74) is 0.510. The number of nitrogens with zero attached hydrogens (tertiary/aromatic N) is 2. The first-order valence-corrected chi connectivity index (χ1v) is 11.4. The lowest BCUT2D eigenvalue weighted by Crippen LogP contribution is -2.43. The largest absolute Gasteiger partial charge is 0.357 e. The standard InChI is InChI=1S/C16H25ClN4O2S2.HI/c1-2-18-15(21-11-8-16(12-21)6-3-7-16)19-9-10-20-25(22,23)14-5-4-13(17)24-14;/h4-5,20H,2-3,6-12H2,1H3,(H,18,19);1H. The summed E-state index contributed by atoms with van der Waals surface area (Å²) in [6, 6.07) is 3.11. The Balaban J connectivity index is 0.00000243. The van der Waals surface area contributed by atoms with Gasteiger partial charge in [-0.15, -0.1) is 35.3 Å². The molecule has 0 unspecified atom stereocenters. The van der Waals surface area contributed by atoms with Crippen LogP contribution in [0.25, 0.3) is 0 Å². The van der Waals surface area contributed by atoms with Gasteiger partial charge in [0.15, 0.2) is 5.96 Å². The van der Waals surface area contributed by atoms with Gasteiger partial charge < -0.3 is 10.2 Å². The molecule has 1 spiro atoms. The van der Waals surface area contributed by atoms with Crippen LogP contribution in [-0.4, -0.2) is 52.0 Å². The highest BCUT2D eigenvalue weighted by atomic mass is 127. The third-order valence-corrected chi connectivity index (χ3v) is 8.15. The summed E-state index contributed by atoms with van der Waals surface area (Å²) in [6.45, 7) is 5.63. The maximum absolute atomic E-state index is 12.2. The molecule has 1 saturated carbocycles. The Kier molecular flexibility index (Phi) is 8.02. The van der Waals surface area contributed by atoms with Crippen LogP contribution in [0.2, 0.25) is 4.34 Å². The maximum atomic E-state index is 12.2. The molecule has 2 N–H and O–H groups in total. The van der Waals surface area contributed by atoms with Crippen molar-refractivity contribution in [1.82, 2.24) is 14.9 Å². The monoisotopic (exact) mass is 532 g/mol. The summed E-state index contributed by atoms with van der Waals surface area (Å²) in [7, 11) is -3.50. The van der Waals surface area contributed by atoms with E-state index in [1.807, 2.05) is 6.92 Å². The van der Waals surface area contributed by atoms with Crippen LogP contribution in [0.1, 0.15) is 32.6 Å². The number of halogens is 2. The smallest absolute Gasteiger partial charge is 0.250 e. The van der Waals surface area contributed by atoms with Gasteiger partial charge in [0.1, 0.15) is 4.21 Å². The van der Waals surface area contributed by atoms with Gasteiger partial charge in [-0.25, -0.2) is 13.1 Å². The molecule has 0 bridgehead atoms. The van der Waals surface area contributed by atoms with Crippen molar-refractivity contribution >= 4 is 62.9 Å². The van der Waals surface area contributed by atoms with E-state index < -0.39 is 10.0 Å². The van der Waals surface area contributed by atoms with Crippen molar-refractivity contribution in [3.05, 3.63) is 16.5 Å². The molecule has 6 nitrogen and oxygen atoms in total. The van der Waals surface area contributed by atoms with E-state index in [2.05, 4.69) is 19.9 Å². The van der Waals surface area contributed by atoms with E-state index in [9.17, 15) is 8.42 Å². The molecule has 0 amide bonds. The predicted octanol–water partition coefficient (Wildman–Crippen LogP) is 3.14. The quantitative estimate of drug-likeness (QED) is 0.256. The first-order valence-electron chi connectivity index (χ1n) is 8.72. The zero-order chi connectivity index (χ0) is 17.9. The van der Waals surface area contributed by atoms with Crippen molar-refractivity contribution in [2.24, 2.45) is 10.4 Å². The van der Waals surface area contributed by atoms with Gasteiger partial charge in [-0.05, 0) is 43.7 Å². The molecular formula is C16H26ClIN4O2S2. The number of aliphatic imine (C=N–C) groups is 1. The van der Waals surface area contributed by atoms with Gasteiger partial charge in [-0.2, -0.15) is 0 Å². The molecule has 0 aromatic carbocycles. The summed E-state index contributed by atoms with van der Waals surface area (Å²) in [5, 5.41) is 3.33. The Morgan fingerprint density at radius 2 is 2.15 bits per heavy atom. The van der Waals surface area contributed by atoms with Crippen molar-refractivity contribution in [2.45, 2.75) is 36.8 Å². The molecule has 148 valence electrons. The second-order valence-electron chi connectivity index (χ2n) is 6.72. The van der Waals surface area contributed by atoms with Crippen LogP contribution >= 0.6 is 46.9 Å². The van der Waals surface area contributed by atoms with Crippen LogP contribution in [0.4, 0.5) is 0 Å². The molecule has 2 aliphatic rings. The van der Waals surface area contributed by atoms with Crippen molar-refractivity contribution < 1.29 is 8.42 Å². The SMILES string of the molecule is CCNC(=NCCNS(=O)(=O)c1ccc(Cl)s1)N1CCC2(CCC2)C1.I. The van der Waals surface area contributed by atoms with E-state index in [-0.39, 0.29) is 34.7 Å². The van der Waals surface area contributed by atoms with Crippen molar-refractivity contribution in [3.63, 3.8) is 0 Å². The first kappa shape index (κ1) is 22.2. The molecule has 1 aliphatic carbocycles. The summed E-state index contributed by atoms with van der Waals surface area (Å²) in [5.74, 6) is 0.893. The number of nitrogens with one attached hydrogen (secondary N) is 2. The molecule has 0 radical (unpaired) electrons. The lowest BCUT2D eigenvalue weighted by Gasteiger charge is -2.38. The van der Waals surface area contributed by atoms with Crippen LogP contribution < -0.4 is 10.0 Å². The van der Waals surface area contributed by atoms with E-state index in [0.717, 1.165) is 36.9 Å². The van der Waals surface area contributed by atoms with E-state index in [0.29, 0.717) is 16.3 Å². The van der Waals surface area contributed by atoms with Gasteiger partial charge in [0.05, 0.1) is 10.9 Å². The highest BCUT2D eigenvalue weighted by Gasteiger charge is 2.43. The lowest BCUT2D eigenvalue weighted by molar-refractivity contribution is 0.151. The normalized spacial score (nSPS) is 19.3. The molecule has 2 heterocycles. The van der Waals surface area contributed by atoms with Gasteiger partial charge in [0.2, 0.25) is 10.0 Å². The molecule has 0 atom stereocenters. The Morgan fingerprint density at radius 1 is 1.38 bits per heavy atom. The number of likely N-dealkylation sites (tertiary alicyclic amines) is 1. The molecule has 3 rings (SSSR count). The molecule has 2 fully saturated rings. The molecule has 26 heavy (non-hydrogen) atoms. The molecule has 1 aromatic heterocycles. The number of hydrogen-bond acceptors (Lipinski definition) is 4. The van der Waals surface area contributed by atoms with Crippen molar-refractivity contribution in [1.29, 1.82) is 0 Å². The maximum Gasteiger partial charge on any atom is 0.250 e. The number of rotatable bonds is 6. The highest BCUT2D eigenvalue weighted by Crippen LogP contribution is 2.47. The third-order valence-electron chi connectivity index (χ3n) is 4.97.